The van der Waals surface area contributed by atoms with Crippen LogP contribution in [0.2, 0.25) is 10.4 Å². The third-order valence-corrected chi connectivity index (χ3v) is 8.70. The first-order valence-corrected chi connectivity index (χ1v) is 11.0. The number of nitrogens with zero attached hydrogens (tertiary/aromatic N) is 3. The molecule has 1 aromatic rings. The van der Waals surface area contributed by atoms with Crippen molar-refractivity contribution in [3.05, 3.63) is 16.9 Å². The highest BCUT2D eigenvalue weighted by molar-refractivity contribution is 6.68. The molecule has 1 atom stereocenters. The molecule has 0 radical (unpaired) electrons. The lowest BCUT2D eigenvalue weighted by atomic mass is 9.20. The van der Waals surface area contributed by atoms with Gasteiger partial charge in [0.05, 0.1) is 5.44 Å². The number of carbonyl (C=O) groups is 3. The summed E-state index contributed by atoms with van der Waals surface area (Å²) in [5.41, 5.74) is 1.09. The Labute approximate surface area is 200 Å². The Morgan fingerprint density at radius 2 is 1.34 bits per heavy atom. The molecular formula is C13H24B12FN3O3. The van der Waals surface area contributed by atoms with Crippen LogP contribution in [0.5, 0.6) is 0 Å². The zero-order valence-corrected chi connectivity index (χ0v) is 21.4. The third kappa shape index (κ3) is 2.60. The van der Waals surface area contributed by atoms with Crippen molar-refractivity contribution in [3.8, 4) is 0 Å². The number of anilines is 1. The zero-order valence-electron chi connectivity index (χ0n) is 21.4. The minimum Gasteiger partial charge on any atom is -0.472 e. The molecule has 152 valence electrons. The summed E-state index contributed by atoms with van der Waals surface area (Å²) in [4.78, 5) is 43.7. The minimum absolute atomic E-state index is 0.279. The van der Waals surface area contributed by atoms with Crippen molar-refractivity contribution in [2.45, 2.75) is 21.2 Å². The molecule has 0 saturated carbocycles. The van der Waals surface area contributed by atoms with Gasteiger partial charge in [0.15, 0.2) is 0 Å². The number of hydrogen-bond donors (Lipinski definition) is 0. The van der Waals surface area contributed by atoms with E-state index < -0.39 is 32.9 Å². The maximum atomic E-state index is 15.2. The number of halogens is 1. The second kappa shape index (κ2) is 6.92. The number of imide groups is 1. The van der Waals surface area contributed by atoms with Crippen LogP contribution in [0.25, 0.3) is 0 Å². The summed E-state index contributed by atoms with van der Waals surface area (Å²) in [7, 11) is 21.4. The lowest BCUT2D eigenvalue weighted by Gasteiger charge is -2.64. The fraction of sp³-hybridized carbons (Fsp3) is 0.308. The molecule has 1 aromatic carbocycles. The standard InChI is InChI=1S/C13H24B12FN3O3/c14-3-1-2(6(29(24)25)4(15)5(3)26)12(19,20)28(7(1)30)11(18)9(32)27(23)8(31)10(16,17)13(11,21)22/h14-25H2. The Kier molecular flexibility index (Phi) is 5.40. The van der Waals surface area contributed by atoms with E-state index in [1.807, 2.05) is 67.8 Å². The molecule has 6 nitrogen and oxygen atoms in total. The molecule has 0 bridgehead atoms. The summed E-state index contributed by atoms with van der Waals surface area (Å²) in [6.07, 6.45) is 0. The number of hydrogen-bond acceptors (Lipinski definition) is 4. The molecule has 3 rings (SSSR count). The Bertz CT molecular complexity index is 1100. The maximum Gasteiger partial charge on any atom is 0.253 e. The molecule has 1 fully saturated rings. The molecule has 0 spiro atoms. The summed E-state index contributed by atoms with van der Waals surface area (Å²) in [5, 5.41) is -2.75. The van der Waals surface area contributed by atoms with E-state index in [1.165, 1.54) is 7.98 Å². The summed E-state index contributed by atoms with van der Waals surface area (Å²) < 4.78 is 17.1. The number of fused-ring (bicyclic) bond motifs is 1. The topological polar surface area (TPSA) is 60.9 Å². The molecule has 1 unspecified atom stereocenters. The fourth-order valence-electron chi connectivity index (χ4n) is 6.01. The lowest BCUT2D eigenvalue weighted by Crippen LogP contribution is -2.78. The van der Waals surface area contributed by atoms with Gasteiger partial charge in [0.25, 0.3) is 5.91 Å². The van der Waals surface area contributed by atoms with E-state index in [0.717, 1.165) is 4.81 Å². The van der Waals surface area contributed by atoms with Gasteiger partial charge in [0.1, 0.15) is 76.4 Å². The van der Waals surface area contributed by atoms with Crippen molar-refractivity contribution in [1.82, 2.24) is 9.71 Å². The second-order valence-corrected chi connectivity index (χ2v) is 11.2. The smallest absolute Gasteiger partial charge is 0.253 e. The van der Waals surface area contributed by atoms with E-state index in [0.29, 0.717) is 22.3 Å². The highest BCUT2D eigenvalue weighted by Crippen LogP contribution is 2.59. The van der Waals surface area contributed by atoms with Gasteiger partial charge >= 0.3 is 0 Å². The zero-order chi connectivity index (χ0) is 24.9. The van der Waals surface area contributed by atoms with Gasteiger partial charge in [-0.1, -0.05) is 5.21 Å². The van der Waals surface area contributed by atoms with Gasteiger partial charge in [-0.2, -0.15) is 0 Å². The van der Waals surface area contributed by atoms with Gasteiger partial charge in [-0.15, -0.1) is 0 Å². The SMILES string of the molecule is Bc1c(F)c(B)c(N(B)B)c2c1C(=O)N(C1(B)C(=O)N(B)C(=O)C(B)(B)C1(B)B)C2(B)B. The highest BCUT2D eigenvalue weighted by Gasteiger charge is 2.68. The van der Waals surface area contributed by atoms with Crippen LogP contribution in [0.3, 0.4) is 0 Å². The fourth-order valence-corrected chi connectivity index (χ4v) is 6.01. The lowest BCUT2D eigenvalue weighted by molar-refractivity contribution is -0.150. The van der Waals surface area contributed by atoms with E-state index in [1.54, 1.807) is 28.4 Å². The molecule has 0 aromatic heterocycles. The molecule has 32 heavy (non-hydrogen) atoms. The van der Waals surface area contributed by atoms with Gasteiger partial charge in [0, 0.05) is 16.6 Å². The second-order valence-electron chi connectivity index (χ2n) is 11.2. The van der Waals surface area contributed by atoms with Crippen LogP contribution in [-0.2, 0) is 14.9 Å². The van der Waals surface area contributed by atoms with Gasteiger partial charge in [-0.3, -0.25) is 14.4 Å². The minimum atomic E-state index is -1.35. The maximum absolute atomic E-state index is 15.2. The van der Waals surface area contributed by atoms with Crippen LogP contribution in [0.4, 0.5) is 10.1 Å². The van der Waals surface area contributed by atoms with Gasteiger partial charge in [0.2, 0.25) is 35.8 Å². The molecule has 0 N–H and O–H groups in total. The number of piperidine rings is 1. The molecule has 3 amide bonds. The molecule has 2 aliphatic rings. The first kappa shape index (κ1) is 25.0. The van der Waals surface area contributed by atoms with Crippen LogP contribution < -0.4 is 15.6 Å². The third-order valence-electron chi connectivity index (χ3n) is 8.70. The number of carbonyl (C=O) groups excluding carboxylic acids is 3. The van der Waals surface area contributed by atoms with Gasteiger partial charge < -0.3 is 14.4 Å². The molecule has 1 saturated heterocycles. The monoisotopic (exact) mass is 421 g/mol. The predicted molar refractivity (Wildman–Crippen MR) is 158 cm³/mol. The highest BCUT2D eigenvalue weighted by atomic mass is 19.1. The Balaban J connectivity index is 2.43. The van der Waals surface area contributed by atoms with E-state index >= 15 is 4.39 Å². The van der Waals surface area contributed by atoms with E-state index in [9.17, 15) is 14.4 Å². The average Bonchev–Trinajstić information content (AvgIpc) is 2.88. The molecule has 2 heterocycles. The number of amides is 3. The van der Waals surface area contributed by atoms with Crippen molar-refractivity contribution in [2.24, 2.45) is 0 Å². The van der Waals surface area contributed by atoms with Gasteiger partial charge in [-0.05, 0) is 21.7 Å². The quantitative estimate of drug-likeness (QED) is 0.353. The summed E-state index contributed by atoms with van der Waals surface area (Å²) in [6.45, 7) is 0. The van der Waals surface area contributed by atoms with E-state index in [4.69, 9.17) is 0 Å². The Morgan fingerprint density at radius 3 is 1.81 bits per heavy atom. The van der Waals surface area contributed by atoms with Crippen molar-refractivity contribution in [2.75, 3.05) is 4.72 Å². The van der Waals surface area contributed by atoms with Crippen LogP contribution in [0.1, 0.15) is 15.9 Å². The Morgan fingerprint density at radius 1 is 0.844 bits per heavy atom. The molecule has 0 aliphatic carbocycles. The van der Waals surface area contributed by atoms with E-state index in [2.05, 4.69) is 0 Å². The number of benzene rings is 1. The molecule has 2 aliphatic heterocycles. The summed E-state index contributed by atoms with van der Waals surface area (Å²) in [5.74, 6) is -1.50. The van der Waals surface area contributed by atoms with Crippen LogP contribution in [0, 0.1) is 5.82 Å². The van der Waals surface area contributed by atoms with Crippen molar-refractivity contribution >= 4 is 129 Å². The summed E-state index contributed by atoms with van der Waals surface area (Å²) >= 11 is 0. The van der Waals surface area contributed by atoms with Crippen LogP contribution in [-0.4, -0.2) is 127 Å². The molecular weight excluding hydrogens is 395 g/mol. The first-order valence-electron chi connectivity index (χ1n) is 11.0. The average molecular weight is 419 g/mol. The molecule has 19 heteroatoms. The van der Waals surface area contributed by atoms with Crippen molar-refractivity contribution in [1.29, 1.82) is 0 Å². The largest absolute Gasteiger partial charge is 0.472 e. The normalized spacial score (nSPS) is 25.6. The Hall–Kier alpha value is -1.66. The van der Waals surface area contributed by atoms with Crippen LogP contribution in [0.15, 0.2) is 0 Å². The van der Waals surface area contributed by atoms with Crippen molar-refractivity contribution < 1.29 is 18.8 Å². The van der Waals surface area contributed by atoms with Crippen LogP contribution >= 0.6 is 0 Å². The van der Waals surface area contributed by atoms with Gasteiger partial charge in [-0.25, -0.2) is 4.39 Å². The summed E-state index contributed by atoms with van der Waals surface area (Å²) in [6, 6.07) is 0. The first-order chi connectivity index (χ1) is 14.3. The predicted octanol–water partition coefficient (Wildman–Crippen LogP) is -12.9. The van der Waals surface area contributed by atoms with Crippen molar-refractivity contribution in [3.63, 3.8) is 0 Å². The number of rotatable bonds is 2. The van der Waals surface area contributed by atoms with E-state index in [-0.39, 0.29) is 17.3 Å².